The van der Waals surface area contributed by atoms with Gasteiger partial charge in [-0.25, -0.2) is 0 Å². The summed E-state index contributed by atoms with van der Waals surface area (Å²) >= 11 is -0.683. The average molecular weight is 451 g/mol. The SMILES string of the molecule is CCCC.CCCC1=[C]([Hf][C]2=C(CCC)C=CC2)CC=C1. The fourth-order valence-electron chi connectivity index (χ4n) is 2.55. The van der Waals surface area contributed by atoms with Crippen LogP contribution < -0.4 is 0 Å². The molecule has 0 spiro atoms. The molecule has 0 bridgehead atoms. The topological polar surface area (TPSA) is 0 Å². The van der Waals surface area contributed by atoms with Gasteiger partial charge in [0.05, 0.1) is 0 Å². The second-order valence-electron chi connectivity index (χ2n) is 5.85. The van der Waals surface area contributed by atoms with Crippen LogP contribution in [0.15, 0.2) is 42.1 Å². The molecule has 0 unspecified atom stereocenters. The van der Waals surface area contributed by atoms with Gasteiger partial charge in [0.15, 0.2) is 0 Å². The minimum atomic E-state index is -0.683. The molecule has 0 N–H and O–H groups in total. The first-order valence-electron chi connectivity index (χ1n) is 8.80. The Labute approximate surface area is 143 Å². The van der Waals surface area contributed by atoms with Gasteiger partial charge in [0.2, 0.25) is 0 Å². The molecule has 2 aliphatic rings. The Bertz CT molecular complexity index is 381. The molecule has 21 heavy (non-hydrogen) atoms. The van der Waals surface area contributed by atoms with Crippen molar-refractivity contribution in [2.75, 3.05) is 0 Å². The van der Waals surface area contributed by atoms with Crippen molar-refractivity contribution in [1.82, 2.24) is 0 Å². The van der Waals surface area contributed by atoms with Crippen LogP contribution >= 0.6 is 0 Å². The third kappa shape index (κ3) is 6.63. The Balaban J connectivity index is 0.000000491. The quantitative estimate of drug-likeness (QED) is 0.370. The molecule has 116 valence electrons. The number of unbranched alkanes of at least 4 members (excludes halogenated alkanes) is 1. The van der Waals surface area contributed by atoms with Crippen LogP contribution in [0.1, 0.15) is 79.1 Å². The zero-order valence-electron chi connectivity index (χ0n) is 14.5. The predicted molar refractivity (Wildman–Crippen MR) is 92.0 cm³/mol. The molecule has 1 heteroatoms. The summed E-state index contributed by atoms with van der Waals surface area (Å²) in [6.07, 6.45) is 20.0. The molecule has 0 aliphatic heterocycles. The summed E-state index contributed by atoms with van der Waals surface area (Å²) < 4.78 is 3.75. The van der Waals surface area contributed by atoms with Crippen molar-refractivity contribution in [3.05, 3.63) is 42.1 Å². The van der Waals surface area contributed by atoms with E-state index >= 15 is 0 Å². The van der Waals surface area contributed by atoms with Crippen molar-refractivity contribution in [2.24, 2.45) is 0 Å². The number of allylic oxidation sites excluding steroid dienone is 8. The molecule has 0 saturated heterocycles. The van der Waals surface area contributed by atoms with Gasteiger partial charge in [-0.15, -0.1) is 0 Å². The van der Waals surface area contributed by atoms with Crippen molar-refractivity contribution in [3.8, 4) is 0 Å². The van der Waals surface area contributed by atoms with Gasteiger partial charge in [-0.05, 0) is 0 Å². The first-order valence-corrected chi connectivity index (χ1v) is 12.4. The molecular weight excluding hydrogens is 419 g/mol. The molecular formula is C20H32Hf. The van der Waals surface area contributed by atoms with Crippen LogP contribution in [0.5, 0.6) is 0 Å². The maximum atomic E-state index is 2.40. The average Bonchev–Trinajstić information content (AvgIpc) is 3.11. The summed E-state index contributed by atoms with van der Waals surface area (Å²) in [5, 5.41) is 0. The van der Waals surface area contributed by atoms with Gasteiger partial charge in [-0.3, -0.25) is 0 Å². The van der Waals surface area contributed by atoms with Gasteiger partial charge in [0, 0.05) is 0 Å². The molecule has 0 radical (unpaired) electrons. The predicted octanol–water partition coefficient (Wildman–Crippen LogP) is 6.90. The van der Waals surface area contributed by atoms with Crippen molar-refractivity contribution in [1.29, 1.82) is 0 Å². The second kappa shape index (κ2) is 11.4. The third-order valence-corrected chi connectivity index (χ3v) is 9.84. The van der Waals surface area contributed by atoms with Gasteiger partial charge < -0.3 is 0 Å². The van der Waals surface area contributed by atoms with E-state index in [-0.39, 0.29) is 0 Å². The number of rotatable bonds is 7. The van der Waals surface area contributed by atoms with Gasteiger partial charge in [0.1, 0.15) is 0 Å². The number of hydrogen-bond donors (Lipinski definition) is 0. The van der Waals surface area contributed by atoms with Crippen LogP contribution in [0.3, 0.4) is 0 Å². The van der Waals surface area contributed by atoms with Crippen LogP contribution in [-0.2, 0) is 22.9 Å². The zero-order chi connectivity index (χ0) is 15.5. The zero-order valence-corrected chi connectivity index (χ0v) is 18.1. The molecule has 0 atom stereocenters. The molecule has 0 fully saturated rings. The molecule has 0 amide bonds. The van der Waals surface area contributed by atoms with E-state index in [1.807, 2.05) is 6.66 Å². The summed E-state index contributed by atoms with van der Waals surface area (Å²) in [4.78, 5) is 0. The van der Waals surface area contributed by atoms with Crippen LogP contribution in [0, 0.1) is 0 Å². The molecule has 0 aromatic carbocycles. The molecule has 0 nitrogen and oxygen atoms in total. The monoisotopic (exact) mass is 452 g/mol. The molecule has 0 heterocycles. The first-order chi connectivity index (χ1) is 10.3. The summed E-state index contributed by atoms with van der Waals surface area (Å²) in [5.74, 6) is 0. The maximum absolute atomic E-state index is 2.40. The summed E-state index contributed by atoms with van der Waals surface area (Å²) in [7, 11) is 0. The van der Waals surface area contributed by atoms with Gasteiger partial charge in [-0.2, -0.15) is 0 Å². The van der Waals surface area contributed by atoms with Crippen LogP contribution in [0.25, 0.3) is 0 Å². The molecule has 2 rings (SSSR count). The van der Waals surface area contributed by atoms with Crippen molar-refractivity contribution in [2.45, 2.75) is 79.1 Å². The third-order valence-electron chi connectivity index (χ3n) is 3.90. The Hall–Kier alpha value is -0.170. The van der Waals surface area contributed by atoms with Crippen LogP contribution in [0.2, 0.25) is 0 Å². The normalized spacial score (nSPS) is 16.6. The summed E-state index contributed by atoms with van der Waals surface area (Å²) in [5.41, 5.74) is 3.40. The van der Waals surface area contributed by atoms with Crippen LogP contribution in [0.4, 0.5) is 0 Å². The Morgan fingerprint density at radius 1 is 0.714 bits per heavy atom. The van der Waals surface area contributed by atoms with Crippen LogP contribution in [-0.4, -0.2) is 0 Å². The van der Waals surface area contributed by atoms with Gasteiger partial charge in [0.25, 0.3) is 0 Å². The fraction of sp³-hybridized carbons (Fsp3) is 0.600. The Kier molecular flexibility index (Phi) is 10.3. The van der Waals surface area contributed by atoms with E-state index in [1.165, 1.54) is 51.4 Å². The minimum absolute atomic E-state index is 0.683. The first kappa shape index (κ1) is 18.9. The van der Waals surface area contributed by atoms with Crippen molar-refractivity contribution < 1.29 is 22.9 Å². The summed E-state index contributed by atoms with van der Waals surface area (Å²) in [6, 6.07) is 0. The number of hydrogen-bond acceptors (Lipinski definition) is 0. The van der Waals surface area contributed by atoms with E-state index in [0.717, 1.165) is 0 Å². The van der Waals surface area contributed by atoms with E-state index < -0.39 is 22.9 Å². The van der Waals surface area contributed by atoms with Gasteiger partial charge in [-0.1, -0.05) is 26.7 Å². The fourth-order valence-corrected chi connectivity index (χ4v) is 8.09. The molecule has 0 aromatic rings. The van der Waals surface area contributed by atoms with E-state index in [4.69, 9.17) is 0 Å². The molecule has 0 aromatic heterocycles. The van der Waals surface area contributed by atoms with E-state index in [9.17, 15) is 0 Å². The molecule has 2 aliphatic carbocycles. The standard InChI is InChI=1S/2C8H11.C4H10.Hf/c2*1-2-5-8-6-3-4-7-8;1-3-4-2;/h2*3,6H,2,4-5H2,1H3;3-4H2,1-2H3;. The van der Waals surface area contributed by atoms with Crippen molar-refractivity contribution >= 4 is 0 Å². The summed E-state index contributed by atoms with van der Waals surface area (Å²) in [6.45, 7) is 8.95. The second-order valence-corrected chi connectivity index (χ2v) is 11.1. The van der Waals surface area contributed by atoms with E-state index in [0.29, 0.717) is 0 Å². The van der Waals surface area contributed by atoms with E-state index in [1.54, 1.807) is 11.1 Å². The van der Waals surface area contributed by atoms with Gasteiger partial charge >= 0.3 is 117 Å². The Morgan fingerprint density at radius 2 is 1.14 bits per heavy atom. The Morgan fingerprint density at radius 3 is 1.48 bits per heavy atom. The van der Waals surface area contributed by atoms with Crippen molar-refractivity contribution in [3.63, 3.8) is 0 Å². The van der Waals surface area contributed by atoms with E-state index in [2.05, 4.69) is 52.0 Å². The molecule has 0 saturated carbocycles.